The number of hydrogen-bond acceptors (Lipinski definition) is 5. The first-order valence-electron chi connectivity index (χ1n) is 8.46. The number of benzene rings is 1. The first-order valence-corrected chi connectivity index (χ1v) is 9.24. The summed E-state index contributed by atoms with van der Waals surface area (Å²) in [6.07, 6.45) is 1.40. The van der Waals surface area contributed by atoms with Gasteiger partial charge in [0.2, 0.25) is 5.88 Å². The van der Waals surface area contributed by atoms with E-state index in [0.29, 0.717) is 17.9 Å². The summed E-state index contributed by atoms with van der Waals surface area (Å²) in [6.45, 7) is 3.93. The van der Waals surface area contributed by atoms with Crippen molar-refractivity contribution in [3.63, 3.8) is 0 Å². The van der Waals surface area contributed by atoms with Crippen LogP contribution in [0.2, 0.25) is 0 Å². The Morgan fingerprint density at radius 3 is 2.77 bits per heavy atom. The summed E-state index contributed by atoms with van der Waals surface area (Å²) in [5.74, 6) is 0.432. The molecule has 0 fully saturated rings. The number of ether oxygens (including phenoxy) is 1. The van der Waals surface area contributed by atoms with Gasteiger partial charge in [0.05, 0.1) is 18.4 Å². The summed E-state index contributed by atoms with van der Waals surface area (Å²) in [5, 5.41) is 3.04. The minimum absolute atomic E-state index is 0.130. The average molecular weight is 367 g/mol. The molecule has 5 nitrogen and oxygen atoms in total. The van der Waals surface area contributed by atoms with Gasteiger partial charge in [-0.05, 0) is 42.6 Å². The summed E-state index contributed by atoms with van der Waals surface area (Å²) in [7, 11) is 1.59. The highest BCUT2D eigenvalue weighted by molar-refractivity contribution is 7.06. The highest BCUT2D eigenvalue weighted by Gasteiger charge is 2.20. The van der Waals surface area contributed by atoms with E-state index in [2.05, 4.69) is 21.6 Å². The molecule has 0 atom stereocenters. The fourth-order valence-corrected chi connectivity index (χ4v) is 3.68. The molecular weight excluding hydrogens is 346 g/mol. The van der Waals surface area contributed by atoms with Crippen LogP contribution < -0.4 is 10.1 Å². The number of pyridine rings is 1. The first kappa shape index (κ1) is 18.1. The number of methoxy groups -OCH3 is 1. The van der Waals surface area contributed by atoms with E-state index >= 15 is 0 Å². The van der Waals surface area contributed by atoms with Crippen molar-refractivity contribution in [2.75, 3.05) is 12.4 Å². The first-order chi connectivity index (χ1) is 12.6. The number of aromatic nitrogens is 2. The fraction of sp³-hybridized carbons (Fsp3) is 0.250. The number of para-hydroxylation sites is 1. The summed E-state index contributed by atoms with van der Waals surface area (Å²) < 4.78 is 9.56. The van der Waals surface area contributed by atoms with E-state index in [0.717, 1.165) is 33.9 Å². The van der Waals surface area contributed by atoms with Gasteiger partial charge in [0.1, 0.15) is 0 Å². The van der Waals surface area contributed by atoms with E-state index < -0.39 is 0 Å². The molecule has 0 spiro atoms. The molecule has 0 aliphatic carbocycles. The molecular formula is C20H21N3O2S. The van der Waals surface area contributed by atoms with Crippen LogP contribution in [0, 0.1) is 6.92 Å². The van der Waals surface area contributed by atoms with Crippen molar-refractivity contribution in [3.05, 3.63) is 69.9 Å². The number of rotatable bonds is 6. The van der Waals surface area contributed by atoms with Gasteiger partial charge in [-0.15, -0.1) is 0 Å². The Bertz CT molecular complexity index is 921. The molecule has 0 bridgehead atoms. The third kappa shape index (κ3) is 3.91. The van der Waals surface area contributed by atoms with E-state index in [-0.39, 0.29) is 5.91 Å². The molecule has 0 radical (unpaired) electrons. The number of aryl methyl sites for hydroxylation is 2. The summed E-state index contributed by atoms with van der Waals surface area (Å²) in [5.41, 5.74) is 4.16. The van der Waals surface area contributed by atoms with Crippen LogP contribution >= 0.6 is 11.5 Å². The van der Waals surface area contributed by atoms with Crippen LogP contribution in [0.5, 0.6) is 5.88 Å². The average Bonchev–Trinajstić information content (AvgIpc) is 3.02. The van der Waals surface area contributed by atoms with E-state index in [9.17, 15) is 4.79 Å². The van der Waals surface area contributed by atoms with Crippen molar-refractivity contribution in [1.29, 1.82) is 0 Å². The van der Waals surface area contributed by atoms with Crippen LogP contribution in [0.15, 0.2) is 42.5 Å². The maximum absolute atomic E-state index is 12.9. The van der Waals surface area contributed by atoms with Crippen LogP contribution in [0.25, 0.3) is 0 Å². The zero-order chi connectivity index (χ0) is 18.5. The number of hydrogen-bond donors (Lipinski definition) is 1. The molecule has 0 aliphatic rings. The maximum atomic E-state index is 12.9. The number of anilines is 1. The lowest BCUT2D eigenvalue weighted by molar-refractivity contribution is 0.102. The highest BCUT2D eigenvalue weighted by Crippen LogP contribution is 2.24. The van der Waals surface area contributed by atoms with E-state index in [1.165, 1.54) is 11.5 Å². The summed E-state index contributed by atoms with van der Waals surface area (Å²) >= 11 is 1.34. The number of nitrogens with zero attached hydrogens (tertiary/aromatic N) is 2. The molecule has 0 saturated heterocycles. The Morgan fingerprint density at radius 2 is 2.00 bits per heavy atom. The second-order valence-corrected chi connectivity index (χ2v) is 6.74. The lowest BCUT2D eigenvalue weighted by atomic mass is 10.1. The highest BCUT2D eigenvalue weighted by atomic mass is 32.1. The molecule has 0 aliphatic heterocycles. The zero-order valence-corrected chi connectivity index (χ0v) is 15.9. The second kappa shape index (κ2) is 8.10. The largest absolute Gasteiger partial charge is 0.481 e. The molecule has 2 heterocycles. The van der Waals surface area contributed by atoms with Crippen LogP contribution in [0.1, 0.15) is 39.1 Å². The van der Waals surface area contributed by atoms with Crippen molar-refractivity contribution < 1.29 is 9.53 Å². The van der Waals surface area contributed by atoms with Crippen molar-refractivity contribution in [2.45, 2.75) is 26.7 Å². The lowest BCUT2D eigenvalue weighted by Crippen LogP contribution is -2.15. The summed E-state index contributed by atoms with van der Waals surface area (Å²) in [6, 6.07) is 13.5. The summed E-state index contributed by atoms with van der Waals surface area (Å²) in [4.78, 5) is 18.2. The molecule has 0 unspecified atom stereocenters. The fourth-order valence-electron chi connectivity index (χ4n) is 2.80. The van der Waals surface area contributed by atoms with Crippen LogP contribution in [-0.4, -0.2) is 22.4 Å². The van der Waals surface area contributed by atoms with Crippen LogP contribution in [-0.2, 0) is 12.8 Å². The molecule has 2 aromatic heterocycles. The molecule has 1 aromatic carbocycles. The van der Waals surface area contributed by atoms with Gasteiger partial charge in [-0.3, -0.25) is 4.79 Å². The Hall–Kier alpha value is -2.73. The van der Waals surface area contributed by atoms with Crippen molar-refractivity contribution in [3.8, 4) is 5.88 Å². The smallest absolute Gasteiger partial charge is 0.258 e. The quantitative estimate of drug-likeness (QED) is 0.707. The van der Waals surface area contributed by atoms with Crippen molar-refractivity contribution in [2.24, 2.45) is 0 Å². The predicted octanol–water partition coefficient (Wildman–Crippen LogP) is 4.26. The zero-order valence-electron chi connectivity index (χ0n) is 15.1. The van der Waals surface area contributed by atoms with Gasteiger partial charge in [-0.25, -0.2) is 4.98 Å². The maximum Gasteiger partial charge on any atom is 0.258 e. The molecule has 3 rings (SSSR count). The minimum Gasteiger partial charge on any atom is -0.481 e. The Morgan fingerprint density at radius 1 is 1.19 bits per heavy atom. The lowest BCUT2D eigenvalue weighted by Gasteiger charge is -2.10. The van der Waals surface area contributed by atoms with Crippen molar-refractivity contribution >= 4 is 23.1 Å². The van der Waals surface area contributed by atoms with Gasteiger partial charge in [-0.2, -0.15) is 4.37 Å². The Kier molecular flexibility index (Phi) is 5.63. The molecule has 1 amide bonds. The monoisotopic (exact) mass is 367 g/mol. The SMILES string of the molecule is CCc1ccccc1NC(=O)c1c(C)nsc1Cc1cccc(OC)n1. The molecule has 6 heteroatoms. The number of amides is 1. The van der Waals surface area contributed by atoms with Gasteiger partial charge in [0, 0.05) is 28.7 Å². The molecule has 3 aromatic rings. The normalized spacial score (nSPS) is 10.6. The third-order valence-corrected chi connectivity index (χ3v) is 5.07. The number of nitrogens with one attached hydrogen (secondary N) is 1. The van der Waals surface area contributed by atoms with Gasteiger partial charge < -0.3 is 10.1 Å². The van der Waals surface area contributed by atoms with Crippen LogP contribution in [0.4, 0.5) is 5.69 Å². The van der Waals surface area contributed by atoms with Crippen molar-refractivity contribution in [1.82, 2.24) is 9.36 Å². The minimum atomic E-state index is -0.130. The standard InChI is InChI=1S/C20H21N3O2S/c1-4-14-8-5-6-10-16(14)22-20(24)19-13(2)23-26-17(19)12-15-9-7-11-18(21-15)25-3/h5-11H,4,12H2,1-3H3,(H,22,24). The number of carbonyl (C=O) groups is 1. The van der Waals surface area contributed by atoms with E-state index in [4.69, 9.17) is 4.74 Å². The Balaban J connectivity index is 1.86. The second-order valence-electron chi connectivity index (χ2n) is 5.88. The van der Waals surface area contributed by atoms with Crippen LogP contribution in [0.3, 0.4) is 0 Å². The van der Waals surface area contributed by atoms with Gasteiger partial charge in [-0.1, -0.05) is 31.2 Å². The van der Waals surface area contributed by atoms with Gasteiger partial charge in [0.25, 0.3) is 5.91 Å². The van der Waals surface area contributed by atoms with E-state index in [1.54, 1.807) is 13.2 Å². The van der Waals surface area contributed by atoms with E-state index in [1.807, 2.05) is 43.3 Å². The molecule has 0 saturated carbocycles. The van der Waals surface area contributed by atoms with Gasteiger partial charge >= 0.3 is 0 Å². The Labute approximate surface area is 157 Å². The topological polar surface area (TPSA) is 64.1 Å². The third-order valence-electron chi connectivity index (χ3n) is 4.14. The predicted molar refractivity (Wildman–Crippen MR) is 104 cm³/mol. The molecule has 134 valence electrons. The molecule has 1 N–H and O–H groups in total. The number of carbonyl (C=O) groups excluding carboxylic acids is 1. The molecule has 26 heavy (non-hydrogen) atoms. The van der Waals surface area contributed by atoms with Gasteiger partial charge in [0.15, 0.2) is 0 Å².